The molecule has 1 aliphatic rings. The number of hydrogen-bond acceptors (Lipinski definition) is 3. The molecule has 0 aliphatic carbocycles. The zero-order chi connectivity index (χ0) is 17.9. The monoisotopic (exact) mass is 349 g/mol. The Bertz CT molecular complexity index is 883. The molecule has 1 fully saturated rings. The highest BCUT2D eigenvalue weighted by atomic mass is 16.2. The van der Waals surface area contributed by atoms with E-state index in [1.54, 1.807) is 17.1 Å². The molecular weight excluding hydrogens is 326 g/mol. The highest BCUT2D eigenvalue weighted by Crippen LogP contribution is 2.29. The smallest absolute Gasteiger partial charge is 0.257 e. The maximum Gasteiger partial charge on any atom is 0.257 e. The molecule has 0 bridgehead atoms. The van der Waals surface area contributed by atoms with E-state index in [9.17, 15) is 4.79 Å². The summed E-state index contributed by atoms with van der Waals surface area (Å²) in [5, 5.41) is 11.6. The average molecular weight is 349 g/mol. The fraction of sp³-hybridized carbons (Fsp3) is 0.350. The zero-order valence-electron chi connectivity index (χ0n) is 14.9. The molecule has 0 radical (unpaired) electrons. The van der Waals surface area contributed by atoms with Crippen molar-refractivity contribution in [2.45, 2.75) is 25.2 Å². The number of aromatic nitrogens is 4. The molecule has 1 amide bonds. The minimum Gasteiger partial charge on any atom is -0.338 e. The van der Waals surface area contributed by atoms with Crippen LogP contribution in [0.4, 0.5) is 0 Å². The minimum absolute atomic E-state index is 0.0620. The van der Waals surface area contributed by atoms with Gasteiger partial charge in [0.15, 0.2) is 0 Å². The first kappa shape index (κ1) is 16.6. The lowest BCUT2D eigenvalue weighted by Gasteiger charge is -2.32. The Kier molecular flexibility index (Phi) is 4.56. The van der Waals surface area contributed by atoms with Gasteiger partial charge in [-0.3, -0.25) is 14.6 Å². The number of piperidine rings is 1. The molecule has 3 aromatic rings. The van der Waals surface area contributed by atoms with Crippen molar-refractivity contribution in [1.29, 1.82) is 0 Å². The highest BCUT2D eigenvalue weighted by molar-refractivity contribution is 5.93. The lowest BCUT2D eigenvalue weighted by Crippen LogP contribution is -2.39. The van der Waals surface area contributed by atoms with Gasteiger partial charge >= 0.3 is 0 Å². The number of amides is 1. The molecule has 1 atom stereocenters. The third kappa shape index (κ3) is 3.40. The third-order valence-electron chi connectivity index (χ3n) is 5.06. The number of H-pyrrole nitrogens is 1. The van der Waals surface area contributed by atoms with Gasteiger partial charge in [-0.2, -0.15) is 10.2 Å². The molecule has 0 saturated carbocycles. The van der Waals surface area contributed by atoms with Crippen LogP contribution in [-0.4, -0.2) is 43.9 Å². The molecule has 2 aromatic heterocycles. The fourth-order valence-corrected chi connectivity index (χ4v) is 3.74. The van der Waals surface area contributed by atoms with Crippen molar-refractivity contribution in [3.63, 3.8) is 0 Å². The van der Waals surface area contributed by atoms with Crippen molar-refractivity contribution in [3.8, 4) is 0 Å². The Labute approximate surface area is 152 Å². The number of benzene rings is 1. The average Bonchev–Trinajstić information content (AvgIpc) is 3.31. The standard InChI is InChI=1S/C20H23N5O/c1-24-13-18(12-22-24)20(26)25-9-5-8-16(14-25)19-17(11-21-23-19)10-15-6-3-2-4-7-15/h2-4,6-7,11-13,16H,5,8-10,14H2,1H3,(H,21,23)/t16-/m0/s1. The van der Waals surface area contributed by atoms with Crippen LogP contribution in [0.2, 0.25) is 0 Å². The van der Waals surface area contributed by atoms with E-state index < -0.39 is 0 Å². The predicted molar refractivity (Wildman–Crippen MR) is 98.9 cm³/mol. The molecule has 6 nitrogen and oxygen atoms in total. The van der Waals surface area contributed by atoms with Gasteiger partial charge in [-0.25, -0.2) is 0 Å². The third-order valence-corrected chi connectivity index (χ3v) is 5.06. The molecule has 134 valence electrons. The second-order valence-electron chi connectivity index (χ2n) is 6.96. The quantitative estimate of drug-likeness (QED) is 0.787. The largest absolute Gasteiger partial charge is 0.338 e. The summed E-state index contributed by atoms with van der Waals surface area (Å²) < 4.78 is 1.67. The van der Waals surface area contributed by atoms with E-state index in [0.29, 0.717) is 11.5 Å². The summed E-state index contributed by atoms with van der Waals surface area (Å²) in [7, 11) is 1.83. The van der Waals surface area contributed by atoms with E-state index in [0.717, 1.165) is 38.0 Å². The van der Waals surface area contributed by atoms with Gasteiger partial charge in [0.25, 0.3) is 5.91 Å². The molecular formula is C20H23N5O. The molecule has 26 heavy (non-hydrogen) atoms. The topological polar surface area (TPSA) is 66.8 Å². The van der Waals surface area contributed by atoms with E-state index in [2.05, 4.69) is 39.6 Å². The molecule has 1 aliphatic heterocycles. The van der Waals surface area contributed by atoms with E-state index in [1.165, 1.54) is 11.1 Å². The lowest BCUT2D eigenvalue weighted by atomic mass is 9.90. The number of rotatable bonds is 4. The number of likely N-dealkylation sites (tertiary alicyclic amines) is 1. The first-order chi connectivity index (χ1) is 12.7. The van der Waals surface area contributed by atoms with Gasteiger partial charge in [0.05, 0.1) is 18.0 Å². The van der Waals surface area contributed by atoms with Crippen molar-refractivity contribution in [3.05, 3.63) is 71.3 Å². The molecule has 1 aromatic carbocycles. The number of nitrogens with zero attached hydrogens (tertiary/aromatic N) is 4. The summed E-state index contributed by atoms with van der Waals surface area (Å²) >= 11 is 0. The Hall–Kier alpha value is -2.89. The Morgan fingerprint density at radius 3 is 2.88 bits per heavy atom. The SMILES string of the molecule is Cn1cc(C(=O)N2CCC[C@H](c3[nH]ncc3Cc3ccccc3)C2)cn1. The van der Waals surface area contributed by atoms with Gasteiger partial charge in [-0.05, 0) is 24.0 Å². The maximum absolute atomic E-state index is 12.8. The van der Waals surface area contributed by atoms with E-state index in [4.69, 9.17) is 0 Å². The van der Waals surface area contributed by atoms with Crippen LogP contribution in [-0.2, 0) is 13.5 Å². The first-order valence-corrected chi connectivity index (χ1v) is 9.04. The Balaban J connectivity index is 1.50. The van der Waals surface area contributed by atoms with Gasteiger partial charge in [-0.1, -0.05) is 30.3 Å². The van der Waals surface area contributed by atoms with Gasteiger partial charge in [-0.15, -0.1) is 0 Å². The predicted octanol–water partition coefficient (Wildman–Crippen LogP) is 2.75. The molecule has 6 heteroatoms. The van der Waals surface area contributed by atoms with Gasteiger partial charge in [0.2, 0.25) is 0 Å². The highest BCUT2D eigenvalue weighted by Gasteiger charge is 2.28. The lowest BCUT2D eigenvalue weighted by molar-refractivity contribution is 0.0705. The van der Waals surface area contributed by atoms with Crippen molar-refractivity contribution in [1.82, 2.24) is 24.9 Å². The zero-order valence-corrected chi connectivity index (χ0v) is 14.9. The maximum atomic E-state index is 12.8. The molecule has 0 spiro atoms. The number of aromatic amines is 1. The van der Waals surface area contributed by atoms with Gasteiger partial charge < -0.3 is 4.90 Å². The summed E-state index contributed by atoms with van der Waals surface area (Å²) in [6.07, 6.45) is 8.27. The van der Waals surface area contributed by atoms with E-state index in [-0.39, 0.29) is 5.91 Å². The van der Waals surface area contributed by atoms with Crippen LogP contribution in [0, 0.1) is 0 Å². The summed E-state index contributed by atoms with van der Waals surface area (Å²) in [6, 6.07) is 10.4. The summed E-state index contributed by atoms with van der Waals surface area (Å²) in [5.41, 5.74) is 4.31. The first-order valence-electron chi connectivity index (χ1n) is 9.04. The Morgan fingerprint density at radius 2 is 2.12 bits per heavy atom. The molecule has 0 unspecified atom stereocenters. The fourth-order valence-electron chi connectivity index (χ4n) is 3.74. The number of carbonyl (C=O) groups is 1. The van der Waals surface area contributed by atoms with Crippen LogP contribution in [0.3, 0.4) is 0 Å². The van der Waals surface area contributed by atoms with Crippen molar-refractivity contribution in [2.24, 2.45) is 7.05 Å². The van der Waals surface area contributed by atoms with Crippen molar-refractivity contribution < 1.29 is 4.79 Å². The summed E-state index contributed by atoms with van der Waals surface area (Å²) in [5.74, 6) is 0.359. The molecule has 1 N–H and O–H groups in total. The Morgan fingerprint density at radius 1 is 1.27 bits per heavy atom. The normalized spacial score (nSPS) is 17.4. The van der Waals surface area contributed by atoms with Gasteiger partial charge in [0.1, 0.15) is 0 Å². The second kappa shape index (κ2) is 7.15. The van der Waals surface area contributed by atoms with E-state index >= 15 is 0 Å². The van der Waals surface area contributed by atoms with Gasteiger partial charge in [0, 0.05) is 44.4 Å². The van der Waals surface area contributed by atoms with Crippen LogP contribution < -0.4 is 0 Å². The van der Waals surface area contributed by atoms with Crippen LogP contribution in [0.15, 0.2) is 48.9 Å². The molecule has 3 heterocycles. The van der Waals surface area contributed by atoms with Crippen molar-refractivity contribution in [2.75, 3.05) is 13.1 Å². The van der Waals surface area contributed by atoms with Crippen molar-refractivity contribution >= 4 is 5.91 Å². The van der Waals surface area contributed by atoms with Crippen LogP contribution in [0.25, 0.3) is 0 Å². The molecule has 1 saturated heterocycles. The summed E-state index contributed by atoms with van der Waals surface area (Å²) in [4.78, 5) is 14.7. The van der Waals surface area contributed by atoms with Crippen LogP contribution >= 0.6 is 0 Å². The number of carbonyl (C=O) groups excluding carboxylic acids is 1. The number of hydrogen-bond donors (Lipinski definition) is 1. The molecule has 4 rings (SSSR count). The summed E-state index contributed by atoms with van der Waals surface area (Å²) in [6.45, 7) is 1.52. The van der Waals surface area contributed by atoms with E-state index in [1.807, 2.05) is 24.2 Å². The number of nitrogens with one attached hydrogen (secondary N) is 1. The number of aryl methyl sites for hydroxylation is 1. The second-order valence-corrected chi connectivity index (χ2v) is 6.96. The van der Waals surface area contributed by atoms with Crippen LogP contribution in [0.1, 0.15) is 45.9 Å². The minimum atomic E-state index is 0.0620. The van der Waals surface area contributed by atoms with Crippen LogP contribution in [0.5, 0.6) is 0 Å².